The van der Waals surface area contributed by atoms with Crippen LogP contribution in [-0.2, 0) is 0 Å². The van der Waals surface area contributed by atoms with E-state index in [2.05, 4.69) is 48.0 Å². The number of anilines is 1. The Kier molecular flexibility index (Phi) is 7.65. The summed E-state index contributed by atoms with van der Waals surface area (Å²) in [4.78, 5) is 6.48. The number of allylic oxidation sites excluding steroid dienone is 4. The van der Waals surface area contributed by atoms with Gasteiger partial charge in [0.2, 0.25) is 0 Å². The van der Waals surface area contributed by atoms with Gasteiger partial charge in [-0.25, -0.2) is 0 Å². The van der Waals surface area contributed by atoms with E-state index in [1.54, 1.807) is 19.2 Å². The van der Waals surface area contributed by atoms with Crippen molar-refractivity contribution in [1.29, 1.82) is 0 Å². The highest BCUT2D eigenvalue weighted by Gasteiger charge is 2.00. The molecular formula is C18H24N2O. The van der Waals surface area contributed by atoms with Gasteiger partial charge in [0.1, 0.15) is 0 Å². The maximum atomic E-state index is 8.58. The minimum atomic E-state index is 0.848. The first-order valence-electron chi connectivity index (χ1n) is 7.22. The third-order valence-electron chi connectivity index (χ3n) is 3.19. The van der Waals surface area contributed by atoms with Gasteiger partial charge in [0.15, 0.2) is 0 Å². The lowest BCUT2D eigenvalue weighted by Crippen LogP contribution is -2.21. The van der Waals surface area contributed by atoms with Crippen LogP contribution in [0.3, 0.4) is 0 Å². The van der Waals surface area contributed by atoms with Crippen molar-refractivity contribution < 1.29 is 5.11 Å². The Hall–Kier alpha value is -2.29. The van der Waals surface area contributed by atoms with Crippen LogP contribution in [0.25, 0.3) is 6.08 Å². The van der Waals surface area contributed by atoms with Crippen molar-refractivity contribution in [2.45, 2.75) is 13.8 Å². The Bertz CT molecular complexity index is 521. The SMILES string of the molecule is CCN(CC)c1ccc(/C=C/C(/C=C\C=C/O)=N\C)cc1. The molecule has 1 aromatic rings. The molecule has 0 saturated heterocycles. The Morgan fingerprint density at radius 2 is 1.76 bits per heavy atom. The Morgan fingerprint density at radius 1 is 1.10 bits per heavy atom. The number of benzene rings is 1. The number of hydrogen-bond donors (Lipinski definition) is 1. The number of hydrogen-bond acceptors (Lipinski definition) is 3. The zero-order valence-electron chi connectivity index (χ0n) is 13.0. The third-order valence-corrected chi connectivity index (χ3v) is 3.19. The van der Waals surface area contributed by atoms with E-state index in [1.165, 1.54) is 5.69 Å². The molecule has 0 amide bonds. The number of aliphatic hydroxyl groups excluding tert-OH is 1. The molecule has 0 bridgehead atoms. The fraction of sp³-hybridized carbons (Fsp3) is 0.278. The average molecular weight is 284 g/mol. The van der Waals surface area contributed by atoms with Crippen LogP contribution in [0.15, 0.2) is 59.8 Å². The summed E-state index contributed by atoms with van der Waals surface area (Å²) >= 11 is 0. The molecule has 1 N–H and O–H groups in total. The summed E-state index contributed by atoms with van der Waals surface area (Å²) in [6.45, 7) is 6.35. The molecule has 1 aromatic carbocycles. The van der Waals surface area contributed by atoms with Crippen molar-refractivity contribution >= 4 is 17.5 Å². The van der Waals surface area contributed by atoms with Crippen LogP contribution in [0.1, 0.15) is 19.4 Å². The minimum Gasteiger partial charge on any atom is -0.516 e. The summed E-state index contributed by atoms with van der Waals surface area (Å²) in [5.74, 6) is 0. The van der Waals surface area contributed by atoms with Crippen LogP contribution < -0.4 is 4.90 Å². The summed E-state index contributed by atoms with van der Waals surface area (Å²) in [5.41, 5.74) is 3.23. The van der Waals surface area contributed by atoms with Crippen molar-refractivity contribution in [3.05, 3.63) is 60.4 Å². The van der Waals surface area contributed by atoms with Gasteiger partial charge < -0.3 is 10.0 Å². The zero-order valence-corrected chi connectivity index (χ0v) is 13.0. The number of nitrogens with zero attached hydrogens (tertiary/aromatic N) is 2. The van der Waals surface area contributed by atoms with E-state index in [9.17, 15) is 0 Å². The van der Waals surface area contributed by atoms with Gasteiger partial charge in [0, 0.05) is 25.8 Å². The monoisotopic (exact) mass is 284 g/mol. The molecule has 0 aliphatic carbocycles. The second-order valence-electron chi connectivity index (χ2n) is 4.45. The maximum Gasteiger partial charge on any atom is 0.0791 e. The summed E-state index contributed by atoms with van der Waals surface area (Å²) in [6.07, 6.45) is 10.1. The van der Waals surface area contributed by atoms with E-state index in [-0.39, 0.29) is 0 Å². The lowest BCUT2D eigenvalue weighted by atomic mass is 10.1. The molecule has 0 heterocycles. The second kappa shape index (κ2) is 9.59. The van der Waals surface area contributed by atoms with Crippen LogP contribution in [0.5, 0.6) is 0 Å². The average Bonchev–Trinajstić information content (AvgIpc) is 2.53. The highest BCUT2D eigenvalue weighted by atomic mass is 16.2. The molecule has 0 aliphatic rings. The first-order valence-corrected chi connectivity index (χ1v) is 7.22. The van der Waals surface area contributed by atoms with Crippen molar-refractivity contribution in [3.8, 4) is 0 Å². The molecule has 0 fully saturated rings. The van der Waals surface area contributed by atoms with Gasteiger partial charge in [-0.3, -0.25) is 4.99 Å². The van der Waals surface area contributed by atoms with Crippen molar-refractivity contribution in [3.63, 3.8) is 0 Å². The topological polar surface area (TPSA) is 35.8 Å². The molecule has 0 unspecified atom stereocenters. The van der Waals surface area contributed by atoms with Gasteiger partial charge in [0.05, 0.1) is 12.0 Å². The molecule has 0 radical (unpaired) electrons. The van der Waals surface area contributed by atoms with Crippen LogP contribution >= 0.6 is 0 Å². The molecule has 3 nitrogen and oxygen atoms in total. The largest absolute Gasteiger partial charge is 0.516 e. The highest BCUT2D eigenvalue weighted by molar-refractivity contribution is 6.06. The fourth-order valence-corrected chi connectivity index (χ4v) is 1.98. The fourth-order valence-electron chi connectivity index (χ4n) is 1.98. The number of rotatable bonds is 7. The smallest absolute Gasteiger partial charge is 0.0791 e. The van der Waals surface area contributed by atoms with E-state index in [0.717, 1.165) is 30.6 Å². The molecule has 21 heavy (non-hydrogen) atoms. The van der Waals surface area contributed by atoms with Crippen LogP contribution in [0, 0.1) is 0 Å². The first kappa shape index (κ1) is 16.8. The van der Waals surface area contributed by atoms with Gasteiger partial charge in [0.25, 0.3) is 0 Å². The molecule has 0 saturated carbocycles. The summed E-state index contributed by atoms with van der Waals surface area (Å²) in [6, 6.07) is 8.49. The quantitative estimate of drug-likeness (QED) is 0.462. The van der Waals surface area contributed by atoms with E-state index < -0.39 is 0 Å². The molecule has 0 spiro atoms. The lowest BCUT2D eigenvalue weighted by Gasteiger charge is -2.20. The highest BCUT2D eigenvalue weighted by Crippen LogP contribution is 2.15. The van der Waals surface area contributed by atoms with Gasteiger partial charge in [-0.15, -0.1) is 0 Å². The van der Waals surface area contributed by atoms with E-state index in [1.807, 2.05) is 18.2 Å². The first-order chi connectivity index (χ1) is 10.2. The van der Waals surface area contributed by atoms with Gasteiger partial charge in [-0.2, -0.15) is 0 Å². The standard InChI is InChI=1S/C18H24N2O/c1-4-20(5-2)18-13-10-16(11-14-18)9-12-17(19-3)8-6-7-15-21/h6-15,21H,4-5H2,1-3H3/b8-6-,12-9+,15-7-,19-17-. The molecule has 0 aromatic heterocycles. The summed E-state index contributed by atoms with van der Waals surface area (Å²) in [7, 11) is 1.75. The van der Waals surface area contributed by atoms with Crippen molar-refractivity contribution in [2.75, 3.05) is 25.0 Å². The Labute approximate surface area is 127 Å². The molecular weight excluding hydrogens is 260 g/mol. The molecule has 3 heteroatoms. The van der Waals surface area contributed by atoms with Crippen LogP contribution in [-0.4, -0.2) is 31.0 Å². The molecule has 0 atom stereocenters. The number of aliphatic hydroxyl groups is 1. The molecule has 112 valence electrons. The summed E-state index contributed by atoms with van der Waals surface area (Å²) in [5, 5.41) is 8.58. The van der Waals surface area contributed by atoms with E-state index >= 15 is 0 Å². The van der Waals surface area contributed by atoms with Gasteiger partial charge in [-0.05, 0) is 49.8 Å². The third kappa shape index (κ3) is 5.69. The maximum absolute atomic E-state index is 8.58. The van der Waals surface area contributed by atoms with E-state index in [4.69, 9.17) is 5.11 Å². The van der Waals surface area contributed by atoms with Crippen molar-refractivity contribution in [1.82, 2.24) is 0 Å². The van der Waals surface area contributed by atoms with Crippen LogP contribution in [0.2, 0.25) is 0 Å². The molecule has 0 aliphatic heterocycles. The zero-order chi connectivity index (χ0) is 15.5. The van der Waals surface area contributed by atoms with E-state index in [0.29, 0.717) is 0 Å². The predicted octanol–water partition coefficient (Wildman–Crippen LogP) is 4.24. The predicted molar refractivity (Wildman–Crippen MR) is 93.3 cm³/mol. The van der Waals surface area contributed by atoms with Crippen LogP contribution in [0.4, 0.5) is 5.69 Å². The van der Waals surface area contributed by atoms with Gasteiger partial charge in [-0.1, -0.05) is 24.3 Å². The minimum absolute atomic E-state index is 0.848. The summed E-state index contributed by atoms with van der Waals surface area (Å²) < 4.78 is 0. The second-order valence-corrected chi connectivity index (χ2v) is 4.45. The Balaban J connectivity index is 2.76. The Morgan fingerprint density at radius 3 is 2.29 bits per heavy atom. The normalized spacial score (nSPS) is 12.8. The molecule has 1 rings (SSSR count). The van der Waals surface area contributed by atoms with Crippen molar-refractivity contribution in [2.24, 2.45) is 4.99 Å². The number of aliphatic imine (C=N–C) groups is 1. The lowest BCUT2D eigenvalue weighted by molar-refractivity contribution is 0.474. The van der Waals surface area contributed by atoms with Gasteiger partial charge >= 0.3 is 0 Å².